The van der Waals surface area contributed by atoms with E-state index in [4.69, 9.17) is 9.15 Å². The molecule has 0 saturated carbocycles. The largest absolute Gasteiger partial charge is 0.438 e. The van der Waals surface area contributed by atoms with Gasteiger partial charge in [-0.05, 0) is 6.07 Å². The highest BCUT2D eigenvalue weighted by molar-refractivity contribution is 5.71. The van der Waals surface area contributed by atoms with Crippen LogP contribution in [0.3, 0.4) is 0 Å². The van der Waals surface area contributed by atoms with Crippen LogP contribution in [0.25, 0.3) is 0 Å². The summed E-state index contributed by atoms with van der Waals surface area (Å²) in [5, 5.41) is 0. The monoisotopic (exact) mass is 193 g/mol. The summed E-state index contributed by atoms with van der Waals surface area (Å²) in [5.74, 6) is 1.19. The molecule has 2 aliphatic rings. The molecule has 0 N–H and O–H groups in total. The van der Waals surface area contributed by atoms with Gasteiger partial charge in [-0.25, -0.2) is 0 Å². The minimum Gasteiger partial charge on any atom is -0.438 e. The van der Waals surface area contributed by atoms with Gasteiger partial charge in [0, 0.05) is 19.2 Å². The number of aldehydes is 1. The fourth-order valence-electron chi connectivity index (χ4n) is 2.07. The first-order chi connectivity index (χ1) is 6.81. The maximum Gasteiger partial charge on any atom is 0.196 e. The smallest absolute Gasteiger partial charge is 0.196 e. The number of carbonyl (C=O) groups is 1. The zero-order valence-corrected chi connectivity index (χ0v) is 7.73. The molecule has 0 unspecified atom stereocenters. The molecule has 4 nitrogen and oxygen atoms in total. The number of anilines is 1. The van der Waals surface area contributed by atoms with Crippen LogP contribution in [-0.2, 0) is 4.74 Å². The van der Waals surface area contributed by atoms with Gasteiger partial charge in [-0.3, -0.25) is 4.79 Å². The lowest BCUT2D eigenvalue weighted by atomic mass is 9.78. The van der Waals surface area contributed by atoms with Crippen LogP contribution in [0.5, 0.6) is 0 Å². The van der Waals surface area contributed by atoms with Crippen LogP contribution in [0.15, 0.2) is 16.5 Å². The van der Waals surface area contributed by atoms with E-state index < -0.39 is 0 Å². The summed E-state index contributed by atoms with van der Waals surface area (Å²) in [6.07, 6.45) is 0.728. The van der Waals surface area contributed by atoms with E-state index in [9.17, 15) is 4.79 Å². The lowest BCUT2D eigenvalue weighted by Gasteiger charge is -2.54. The number of hydrogen-bond donors (Lipinski definition) is 0. The molecule has 3 heterocycles. The van der Waals surface area contributed by atoms with Crippen molar-refractivity contribution in [1.82, 2.24) is 0 Å². The second-order valence-electron chi connectivity index (χ2n) is 4.14. The molecule has 2 aliphatic heterocycles. The molecule has 0 aromatic carbocycles. The first-order valence-corrected chi connectivity index (χ1v) is 4.69. The third-order valence-corrected chi connectivity index (χ3v) is 2.91. The van der Waals surface area contributed by atoms with Crippen LogP contribution in [0.4, 0.5) is 5.88 Å². The molecule has 4 heteroatoms. The molecule has 2 saturated heterocycles. The van der Waals surface area contributed by atoms with E-state index in [1.54, 1.807) is 6.07 Å². The summed E-state index contributed by atoms with van der Waals surface area (Å²) in [5.41, 5.74) is 0.383. The molecular weight excluding hydrogens is 182 g/mol. The highest BCUT2D eigenvalue weighted by Crippen LogP contribution is 2.40. The van der Waals surface area contributed by atoms with Gasteiger partial charge < -0.3 is 14.1 Å². The maximum atomic E-state index is 10.4. The van der Waals surface area contributed by atoms with Crippen molar-refractivity contribution in [2.24, 2.45) is 5.41 Å². The number of carbonyl (C=O) groups excluding carboxylic acids is 1. The maximum absolute atomic E-state index is 10.4. The van der Waals surface area contributed by atoms with Crippen molar-refractivity contribution in [3.05, 3.63) is 17.9 Å². The SMILES string of the molecule is O=Cc1ccc(N2CC3(COC3)C2)o1. The fourth-order valence-corrected chi connectivity index (χ4v) is 2.07. The summed E-state index contributed by atoms with van der Waals surface area (Å²) in [4.78, 5) is 12.5. The number of nitrogens with zero attached hydrogens (tertiary/aromatic N) is 1. The Balaban J connectivity index is 1.70. The van der Waals surface area contributed by atoms with Gasteiger partial charge in [-0.2, -0.15) is 0 Å². The lowest BCUT2D eigenvalue weighted by Crippen LogP contribution is -2.66. The molecule has 2 fully saturated rings. The van der Waals surface area contributed by atoms with Gasteiger partial charge in [-0.15, -0.1) is 0 Å². The van der Waals surface area contributed by atoms with Gasteiger partial charge in [0.15, 0.2) is 17.9 Å². The van der Waals surface area contributed by atoms with Crippen LogP contribution in [0, 0.1) is 5.41 Å². The highest BCUT2D eigenvalue weighted by Gasteiger charge is 2.49. The van der Waals surface area contributed by atoms with Crippen LogP contribution >= 0.6 is 0 Å². The molecule has 0 amide bonds. The van der Waals surface area contributed by atoms with Gasteiger partial charge in [0.05, 0.1) is 18.6 Å². The summed E-state index contributed by atoms with van der Waals surface area (Å²) in [6, 6.07) is 3.54. The Morgan fingerprint density at radius 1 is 1.36 bits per heavy atom. The molecule has 0 bridgehead atoms. The molecule has 0 radical (unpaired) electrons. The van der Waals surface area contributed by atoms with E-state index in [0.29, 0.717) is 11.2 Å². The van der Waals surface area contributed by atoms with Gasteiger partial charge in [-0.1, -0.05) is 0 Å². The molecule has 1 aromatic heterocycles. The zero-order chi connectivity index (χ0) is 9.60. The molecule has 74 valence electrons. The normalized spacial score (nSPS) is 23.0. The Bertz CT molecular complexity index is 359. The van der Waals surface area contributed by atoms with Crippen molar-refractivity contribution in [3.63, 3.8) is 0 Å². The van der Waals surface area contributed by atoms with Crippen molar-refractivity contribution in [2.45, 2.75) is 0 Å². The van der Waals surface area contributed by atoms with Crippen molar-refractivity contribution in [3.8, 4) is 0 Å². The van der Waals surface area contributed by atoms with Crippen molar-refractivity contribution >= 4 is 12.2 Å². The Hall–Kier alpha value is -1.29. The number of rotatable bonds is 2. The van der Waals surface area contributed by atoms with Gasteiger partial charge >= 0.3 is 0 Å². The average Bonchev–Trinajstić information content (AvgIpc) is 2.47. The van der Waals surface area contributed by atoms with E-state index in [1.807, 2.05) is 6.07 Å². The molecule has 14 heavy (non-hydrogen) atoms. The van der Waals surface area contributed by atoms with Crippen LogP contribution in [0.1, 0.15) is 10.6 Å². The molecular formula is C10H11NO3. The van der Waals surface area contributed by atoms with E-state index in [-0.39, 0.29) is 0 Å². The second kappa shape index (κ2) is 2.60. The van der Waals surface area contributed by atoms with E-state index in [1.165, 1.54) is 0 Å². The third-order valence-electron chi connectivity index (χ3n) is 2.91. The van der Waals surface area contributed by atoms with E-state index in [2.05, 4.69) is 4.90 Å². The third kappa shape index (κ3) is 1.00. The zero-order valence-electron chi connectivity index (χ0n) is 7.73. The Labute approximate surface area is 81.4 Å². The quantitative estimate of drug-likeness (QED) is 0.655. The van der Waals surface area contributed by atoms with Gasteiger partial charge in [0.2, 0.25) is 0 Å². The molecule has 1 aromatic rings. The van der Waals surface area contributed by atoms with Crippen molar-refractivity contribution in [1.29, 1.82) is 0 Å². The highest BCUT2D eigenvalue weighted by atomic mass is 16.5. The van der Waals surface area contributed by atoms with Crippen molar-refractivity contribution < 1.29 is 13.9 Å². The molecule has 0 aliphatic carbocycles. The van der Waals surface area contributed by atoms with Gasteiger partial charge in [0.1, 0.15) is 0 Å². The van der Waals surface area contributed by atoms with Crippen LogP contribution in [0.2, 0.25) is 0 Å². The first kappa shape index (κ1) is 8.05. The Kier molecular flexibility index (Phi) is 1.50. The van der Waals surface area contributed by atoms with E-state index in [0.717, 1.165) is 38.5 Å². The fraction of sp³-hybridized carbons (Fsp3) is 0.500. The van der Waals surface area contributed by atoms with E-state index >= 15 is 0 Å². The predicted molar refractivity (Wildman–Crippen MR) is 49.6 cm³/mol. The topological polar surface area (TPSA) is 42.7 Å². The molecule has 0 atom stereocenters. The Morgan fingerprint density at radius 3 is 2.64 bits per heavy atom. The summed E-state index contributed by atoms with van der Waals surface area (Å²) < 4.78 is 10.5. The van der Waals surface area contributed by atoms with Crippen LogP contribution in [-0.4, -0.2) is 32.6 Å². The minimum absolute atomic E-state index is 0.383. The molecule has 3 rings (SSSR count). The number of furan rings is 1. The lowest BCUT2D eigenvalue weighted by molar-refractivity contribution is -0.127. The Morgan fingerprint density at radius 2 is 2.14 bits per heavy atom. The van der Waals surface area contributed by atoms with Crippen molar-refractivity contribution in [2.75, 3.05) is 31.2 Å². The standard InChI is InChI=1S/C10H11NO3/c12-3-8-1-2-9(14-8)11-4-10(5-11)6-13-7-10/h1-3H,4-7H2. The first-order valence-electron chi connectivity index (χ1n) is 4.69. The number of ether oxygens (including phenoxy) is 1. The van der Waals surface area contributed by atoms with Crippen LogP contribution < -0.4 is 4.90 Å². The predicted octanol–water partition coefficient (Wildman–Crippen LogP) is 0.929. The summed E-state index contributed by atoms with van der Waals surface area (Å²) in [7, 11) is 0. The number of hydrogen-bond acceptors (Lipinski definition) is 4. The average molecular weight is 193 g/mol. The minimum atomic E-state index is 0.383. The molecule has 1 spiro atoms. The summed E-state index contributed by atoms with van der Waals surface area (Å²) in [6.45, 7) is 3.70. The second-order valence-corrected chi connectivity index (χ2v) is 4.14. The van der Waals surface area contributed by atoms with Gasteiger partial charge in [0.25, 0.3) is 0 Å². The summed E-state index contributed by atoms with van der Waals surface area (Å²) >= 11 is 0.